The molecular weight excluding hydrogens is 623 g/mol. The van der Waals surface area contributed by atoms with Crippen LogP contribution in [0.1, 0.15) is 0 Å². The third-order valence-electron chi connectivity index (χ3n) is 10.0. The van der Waals surface area contributed by atoms with Gasteiger partial charge in [0.1, 0.15) is 0 Å². The third-order valence-corrected chi connectivity index (χ3v) is 11.2. The first-order valence-corrected chi connectivity index (χ1v) is 17.9. The second-order valence-corrected chi connectivity index (χ2v) is 14.0. The van der Waals surface area contributed by atoms with Gasteiger partial charge in [-0.3, -0.25) is 0 Å². The second kappa shape index (κ2) is 11.7. The molecule has 0 N–H and O–H groups in total. The lowest BCUT2D eigenvalue weighted by atomic mass is 9.97. The summed E-state index contributed by atoms with van der Waals surface area (Å²) in [6, 6.07) is 68.7. The molecule has 0 bridgehead atoms. The number of benzene rings is 9. The first kappa shape index (κ1) is 28.8. The Morgan fingerprint density at radius 3 is 1.78 bits per heavy atom. The molecule has 0 unspecified atom stereocenters. The van der Waals surface area contributed by atoms with E-state index in [2.05, 4.69) is 193 Å². The molecule has 0 aliphatic rings. The summed E-state index contributed by atoms with van der Waals surface area (Å²) in [6.07, 6.45) is 0. The summed E-state index contributed by atoms with van der Waals surface area (Å²) in [5.41, 5.74) is 8.20. The zero-order valence-corrected chi connectivity index (χ0v) is 28.1. The normalized spacial score (nSPS) is 11.6. The van der Waals surface area contributed by atoms with Crippen molar-refractivity contribution in [3.05, 3.63) is 188 Å². The van der Waals surface area contributed by atoms with E-state index in [1.807, 2.05) is 11.3 Å². The maximum Gasteiger partial charge on any atom is 0.0468 e. The van der Waals surface area contributed by atoms with E-state index in [9.17, 15) is 0 Å². The Bertz CT molecular complexity index is 2870. The molecule has 0 spiro atoms. The molecule has 0 aliphatic heterocycles. The molecule has 10 aromatic rings. The smallest absolute Gasteiger partial charge is 0.0468 e. The predicted octanol–water partition coefficient (Wildman–Crippen LogP) is 14.3. The topological polar surface area (TPSA) is 3.24 Å². The van der Waals surface area contributed by atoms with Crippen molar-refractivity contribution in [2.24, 2.45) is 0 Å². The molecule has 9 aromatic carbocycles. The lowest BCUT2D eigenvalue weighted by molar-refractivity contribution is 1.29. The summed E-state index contributed by atoms with van der Waals surface area (Å²) >= 11 is 1.88. The minimum atomic E-state index is 1.12. The summed E-state index contributed by atoms with van der Waals surface area (Å²) in [4.78, 5) is 2.39. The van der Waals surface area contributed by atoms with E-state index in [-0.39, 0.29) is 0 Å². The van der Waals surface area contributed by atoms with E-state index in [1.54, 1.807) is 0 Å². The van der Waals surface area contributed by atoms with Gasteiger partial charge in [0.15, 0.2) is 0 Å². The van der Waals surface area contributed by atoms with Gasteiger partial charge in [0.2, 0.25) is 0 Å². The van der Waals surface area contributed by atoms with Crippen LogP contribution in [0.5, 0.6) is 0 Å². The number of anilines is 3. The van der Waals surface area contributed by atoms with E-state index < -0.39 is 0 Å². The van der Waals surface area contributed by atoms with Crippen LogP contribution in [0.2, 0.25) is 0 Å². The standard InChI is InChI=1S/C48H31NS/c1-2-9-32(10-3-1)35-12-8-13-40(30-35)49(41-25-28-44-38(31-41)22-27-46-45-15-6-7-16-47(45)50-48(44)46)39-23-19-33(20-24-39)36-21-26-43-37(29-36)18-17-34-11-4-5-14-42(34)43/h1-31H. The Labute approximate surface area is 294 Å². The number of thiophene rings is 1. The zero-order chi connectivity index (χ0) is 33.0. The lowest BCUT2D eigenvalue weighted by Crippen LogP contribution is -2.10. The van der Waals surface area contributed by atoms with Gasteiger partial charge >= 0.3 is 0 Å². The average molecular weight is 654 g/mol. The highest BCUT2D eigenvalue weighted by atomic mass is 32.1. The molecule has 50 heavy (non-hydrogen) atoms. The van der Waals surface area contributed by atoms with Crippen LogP contribution in [-0.4, -0.2) is 0 Å². The van der Waals surface area contributed by atoms with Crippen LogP contribution in [0.3, 0.4) is 0 Å². The van der Waals surface area contributed by atoms with Gasteiger partial charge in [0, 0.05) is 37.2 Å². The number of fused-ring (bicyclic) bond motifs is 8. The van der Waals surface area contributed by atoms with E-state index in [1.165, 1.54) is 74.7 Å². The Morgan fingerprint density at radius 2 is 0.880 bits per heavy atom. The Hall–Kier alpha value is -6.22. The van der Waals surface area contributed by atoms with Gasteiger partial charge in [0.25, 0.3) is 0 Å². The number of rotatable bonds is 5. The minimum absolute atomic E-state index is 1.12. The Kier molecular flexibility index (Phi) is 6.75. The van der Waals surface area contributed by atoms with Crippen LogP contribution < -0.4 is 4.90 Å². The fourth-order valence-electron chi connectivity index (χ4n) is 7.54. The van der Waals surface area contributed by atoms with Gasteiger partial charge in [-0.05, 0) is 103 Å². The first-order valence-electron chi connectivity index (χ1n) is 17.1. The highest BCUT2D eigenvalue weighted by molar-refractivity contribution is 7.26. The molecule has 10 rings (SSSR count). The first-order chi connectivity index (χ1) is 24.8. The molecule has 0 amide bonds. The molecule has 0 saturated carbocycles. The molecule has 0 atom stereocenters. The van der Waals surface area contributed by atoms with Crippen molar-refractivity contribution in [2.45, 2.75) is 0 Å². The quantitative estimate of drug-likeness (QED) is 0.167. The van der Waals surface area contributed by atoms with Gasteiger partial charge in [-0.2, -0.15) is 0 Å². The SMILES string of the molecule is c1ccc(-c2cccc(N(c3ccc(-c4ccc5c(ccc6ccccc65)c4)cc3)c3ccc4c(ccc5c6ccccc6sc45)c3)c2)cc1. The molecular formula is C48H31NS. The third kappa shape index (κ3) is 4.84. The van der Waals surface area contributed by atoms with Crippen LogP contribution in [0.4, 0.5) is 17.1 Å². The molecule has 0 saturated heterocycles. The van der Waals surface area contributed by atoms with Gasteiger partial charge in [-0.15, -0.1) is 11.3 Å². The molecule has 0 fully saturated rings. The van der Waals surface area contributed by atoms with Crippen molar-refractivity contribution < 1.29 is 0 Å². The second-order valence-electron chi connectivity index (χ2n) is 13.0. The maximum absolute atomic E-state index is 2.39. The zero-order valence-electron chi connectivity index (χ0n) is 27.3. The van der Waals surface area contributed by atoms with Crippen LogP contribution in [-0.2, 0) is 0 Å². The molecule has 0 aliphatic carbocycles. The fourth-order valence-corrected chi connectivity index (χ4v) is 8.77. The van der Waals surface area contributed by atoms with E-state index in [0.717, 1.165) is 17.1 Å². The van der Waals surface area contributed by atoms with Gasteiger partial charge in [-0.25, -0.2) is 0 Å². The number of hydrogen-bond acceptors (Lipinski definition) is 2. The van der Waals surface area contributed by atoms with Crippen molar-refractivity contribution in [2.75, 3.05) is 4.90 Å². The molecule has 1 nitrogen and oxygen atoms in total. The van der Waals surface area contributed by atoms with Crippen LogP contribution in [0.15, 0.2) is 188 Å². The Morgan fingerprint density at radius 1 is 0.300 bits per heavy atom. The van der Waals surface area contributed by atoms with Gasteiger partial charge in [-0.1, -0.05) is 140 Å². The van der Waals surface area contributed by atoms with Crippen molar-refractivity contribution >= 4 is 80.9 Å². The van der Waals surface area contributed by atoms with Gasteiger partial charge in [0.05, 0.1) is 0 Å². The van der Waals surface area contributed by atoms with Crippen LogP contribution in [0.25, 0.3) is 74.7 Å². The molecule has 1 aromatic heterocycles. The lowest BCUT2D eigenvalue weighted by Gasteiger charge is -2.26. The monoisotopic (exact) mass is 653 g/mol. The van der Waals surface area contributed by atoms with Crippen molar-refractivity contribution in [1.29, 1.82) is 0 Å². The van der Waals surface area contributed by atoms with Crippen molar-refractivity contribution in [3.8, 4) is 22.3 Å². The average Bonchev–Trinajstić information content (AvgIpc) is 3.58. The molecule has 1 heterocycles. The highest BCUT2D eigenvalue weighted by Crippen LogP contribution is 2.42. The number of hydrogen-bond donors (Lipinski definition) is 0. The van der Waals surface area contributed by atoms with Gasteiger partial charge < -0.3 is 4.90 Å². The maximum atomic E-state index is 2.39. The summed E-state index contributed by atoms with van der Waals surface area (Å²) in [6.45, 7) is 0. The molecule has 234 valence electrons. The predicted molar refractivity (Wildman–Crippen MR) is 217 cm³/mol. The largest absolute Gasteiger partial charge is 0.310 e. The van der Waals surface area contributed by atoms with Crippen molar-refractivity contribution in [3.63, 3.8) is 0 Å². The highest BCUT2D eigenvalue weighted by Gasteiger charge is 2.16. The molecule has 2 heteroatoms. The molecule has 0 radical (unpaired) electrons. The fraction of sp³-hybridized carbons (Fsp3) is 0. The minimum Gasteiger partial charge on any atom is -0.310 e. The van der Waals surface area contributed by atoms with Crippen LogP contribution >= 0.6 is 11.3 Å². The summed E-state index contributed by atoms with van der Waals surface area (Å²) in [7, 11) is 0. The summed E-state index contributed by atoms with van der Waals surface area (Å²) in [5.74, 6) is 0. The number of nitrogens with zero attached hydrogens (tertiary/aromatic N) is 1. The van der Waals surface area contributed by atoms with Crippen LogP contribution in [0, 0.1) is 0 Å². The summed E-state index contributed by atoms with van der Waals surface area (Å²) < 4.78 is 2.68. The Balaban J connectivity index is 1.09. The van der Waals surface area contributed by atoms with E-state index in [4.69, 9.17) is 0 Å². The summed E-state index contributed by atoms with van der Waals surface area (Å²) in [5, 5.41) is 10.3. The van der Waals surface area contributed by atoms with Crippen molar-refractivity contribution in [1.82, 2.24) is 0 Å². The van der Waals surface area contributed by atoms with E-state index in [0.29, 0.717) is 0 Å². The van der Waals surface area contributed by atoms with E-state index >= 15 is 0 Å².